The van der Waals surface area contributed by atoms with Gasteiger partial charge in [0.2, 0.25) is 0 Å². The van der Waals surface area contributed by atoms with Gasteiger partial charge in [0.05, 0.1) is 12.8 Å². The first-order chi connectivity index (χ1) is 10.9. The Bertz CT molecular complexity index is 761. The van der Waals surface area contributed by atoms with Crippen LogP contribution in [0.25, 0.3) is 11.1 Å². The zero-order valence-corrected chi connectivity index (χ0v) is 12.4. The highest BCUT2D eigenvalue weighted by Gasteiger charge is 2.02. The van der Waals surface area contributed by atoms with Crippen molar-refractivity contribution >= 4 is 11.9 Å². The molecule has 0 atom stereocenters. The molecule has 22 heavy (non-hydrogen) atoms. The molecule has 0 radical (unpaired) electrons. The summed E-state index contributed by atoms with van der Waals surface area (Å²) in [6, 6.07) is 26.3. The molecule has 0 aromatic heterocycles. The van der Waals surface area contributed by atoms with E-state index < -0.39 is 0 Å². The molecular weight excluding hydrogens is 270 g/mol. The predicted octanol–water partition coefficient (Wildman–Crippen LogP) is 5.11. The number of para-hydroxylation sites is 1. The minimum absolute atomic E-state index is 0.849. The van der Waals surface area contributed by atoms with Gasteiger partial charge < -0.3 is 4.74 Å². The summed E-state index contributed by atoms with van der Waals surface area (Å²) in [5.74, 6) is 0.849. The Hall–Kier alpha value is -2.87. The van der Waals surface area contributed by atoms with Crippen molar-refractivity contribution in [3.63, 3.8) is 0 Å². The second-order valence-electron chi connectivity index (χ2n) is 4.91. The van der Waals surface area contributed by atoms with E-state index in [0.717, 1.165) is 22.6 Å². The Balaban J connectivity index is 1.90. The second kappa shape index (κ2) is 6.72. The van der Waals surface area contributed by atoms with Crippen LogP contribution in [0, 0.1) is 0 Å². The first-order valence-electron chi connectivity index (χ1n) is 7.19. The SMILES string of the molecule is COc1ccc(C=Nc2ccccc2-c2ccccc2)cc1. The molecule has 0 saturated carbocycles. The van der Waals surface area contributed by atoms with Crippen molar-refractivity contribution in [2.45, 2.75) is 0 Å². The molecule has 3 aromatic carbocycles. The van der Waals surface area contributed by atoms with Crippen molar-refractivity contribution in [1.29, 1.82) is 0 Å². The third-order valence-corrected chi connectivity index (χ3v) is 3.46. The van der Waals surface area contributed by atoms with Crippen LogP contribution >= 0.6 is 0 Å². The Morgan fingerprint density at radius 3 is 2.18 bits per heavy atom. The van der Waals surface area contributed by atoms with Crippen molar-refractivity contribution in [3.05, 3.63) is 84.4 Å². The molecule has 0 saturated heterocycles. The lowest BCUT2D eigenvalue weighted by molar-refractivity contribution is 0.415. The lowest BCUT2D eigenvalue weighted by Crippen LogP contribution is -1.85. The summed E-state index contributed by atoms with van der Waals surface area (Å²) in [6.45, 7) is 0. The van der Waals surface area contributed by atoms with Crippen LogP contribution in [0.15, 0.2) is 83.9 Å². The van der Waals surface area contributed by atoms with E-state index in [4.69, 9.17) is 4.74 Å². The van der Waals surface area contributed by atoms with Gasteiger partial charge in [0.25, 0.3) is 0 Å². The highest BCUT2D eigenvalue weighted by molar-refractivity contribution is 5.85. The van der Waals surface area contributed by atoms with Crippen LogP contribution in [0.5, 0.6) is 5.75 Å². The summed E-state index contributed by atoms with van der Waals surface area (Å²) in [5.41, 5.74) is 4.31. The van der Waals surface area contributed by atoms with Crippen molar-refractivity contribution in [2.24, 2.45) is 4.99 Å². The molecule has 108 valence electrons. The Labute approximate surface area is 130 Å². The molecule has 3 rings (SSSR count). The number of nitrogens with zero attached hydrogens (tertiary/aromatic N) is 1. The Morgan fingerprint density at radius 1 is 0.773 bits per heavy atom. The molecule has 2 nitrogen and oxygen atoms in total. The maximum atomic E-state index is 5.16. The third kappa shape index (κ3) is 3.23. The van der Waals surface area contributed by atoms with Crippen molar-refractivity contribution < 1.29 is 4.74 Å². The highest BCUT2D eigenvalue weighted by Crippen LogP contribution is 2.29. The standard InChI is InChI=1S/C20H17NO/c1-22-18-13-11-16(12-14-18)15-21-20-10-6-5-9-19(20)17-7-3-2-4-8-17/h2-15H,1H3. The van der Waals surface area contributed by atoms with Crippen molar-refractivity contribution in [3.8, 4) is 16.9 Å². The molecule has 2 heteroatoms. The number of hydrogen-bond donors (Lipinski definition) is 0. The van der Waals surface area contributed by atoms with E-state index in [1.807, 2.05) is 66.9 Å². The van der Waals surface area contributed by atoms with Crippen LogP contribution < -0.4 is 4.74 Å². The Morgan fingerprint density at radius 2 is 1.45 bits per heavy atom. The summed E-state index contributed by atoms with van der Waals surface area (Å²) in [4.78, 5) is 4.64. The van der Waals surface area contributed by atoms with E-state index in [9.17, 15) is 0 Å². The van der Waals surface area contributed by atoms with Gasteiger partial charge in [-0.1, -0.05) is 48.5 Å². The average Bonchev–Trinajstić information content (AvgIpc) is 2.61. The quantitative estimate of drug-likeness (QED) is 0.611. The van der Waals surface area contributed by atoms with E-state index >= 15 is 0 Å². The molecule has 0 fully saturated rings. The summed E-state index contributed by atoms with van der Waals surface area (Å²) in [7, 11) is 1.67. The molecule has 0 spiro atoms. The lowest BCUT2D eigenvalue weighted by Gasteiger charge is -2.05. The Kier molecular flexibility index (Phi) is 4.30. The number of hydrogen-bond acceptors (Lipinski definition) is 2. The van der Waals surface area contributed by atoms with Crippen LogP contribution in [0.3, 0.4) is 0 Å². The molecule has 0 amide bonds. The molecule has 0 unspecified atom stereocenters. The maximum Gasteiger partial charge on any atom is 0.118 e. The van der Waals surface area contributed by atoms with Gasteiger partial charge in [-0.2, -0.15) is 0 Å². The summed E-state index contributed by atoms with van der Waals surface area (Å²) in [6.07, 6.45) is 1.88. The first-order valence-corrected chi connectivity index (χ1v) is 7.19. The molecule has 0 aliphatic rings. The molecule has 0 heterocycles. The van der Waals surface area contributed by atoms with Crippen LogP contribution in [-0.2, 0) is 0 Å². The second-order valence-corrected chi connectivity index (χ2v) is 4.91. The number of benzene rings is 3. The minimum atomic E-state index is 0.849. The van der Waals surface area contributed by atoms with Gasteiger partial charge in [0.1, 0.15) is 5.75 Å². The molecule has 0 aliphatic heterocycles. The molecule has 0 bridgehead atoms. The lowest BCUT2D eigenvalue weighted by atomic mass is 10.0. The van der Waals surface area contributed by atoms with Gasteiger partial charge in [-0.15, -0.1) is 0 Å². The van der Waals surface area contributed by atoms with Crippen LogP contribution in [-0.4, -0.2) is 13.3 Å². The molecule has 0 N–H and O–H groups in total. The van der Waals surface area contributed by atoms with E-state index in [2.05, 4.69) is 23.2 Å². The van der Waals surface area contributed by atoms with Gasteiger partial charge in [0.15, 0.2) is 0 Å². The van der Waals surface area contributed by atoms with Crippen LogP contribution in [0.1, 0.15) is 5.56 Å². The predicted molar refractivity (Wildman–Crippen MR) is 92.1 cm³/mol. The fourth-order valence-corrected chi connectivity index (χ4v) is 2.28. The van der Waals surface area contributed by atoms with E-state index in [-0.39, 0.29) is 0 Å². The van der Waals surface area contributed by atoms with E-state index in [0.29, 0.717) is 0 Å². The first kappa shape index (κ1) is 14.1. The van der Waals surface area contributed by atoms with Gasteiger partial charge in [-0.3, -0.25) is 4.99 Å². The van der Waals surface area contributed by atoms with Gasteiger partial charge in [0, 0.05) is 11.8 Å². The van der Waals surface area contributed by atoms with Gasteiger partial charge in [-0.05, 0) is 41.5 Å². The normalized spacial score (nSPS) is 10.8. The summed E-state index contributed by atoms with van der Waals surface area (Å²) < 4.78 is 5.16. The van der Waals surface area contributed by atoms with E-state index in [1.165, 1.54) is 5.56 Å². The third-order valence-electron chi connectivity index (χ3n) is 3.46. The number of methoxy groups -OCH3 is 1. The number of aliphatic imine (C=N–C) groups is 1. The summed E-state index contributed by atoms with van der Waals surface area (Å²) in [5, 5.41) is 0. The zero-order valence-electron chi connectivity index (χ0n) is 12.4. The molecular formula is C20H17NO. The van der Waals surface area contributed by atoms with E-state index in [1.54, 1.807) is 7.11 Å². The van der Waals surface area contributed by atoms with Gasteiger partial charge in [-0.25, -0.2) is 0 Å². The fraction of sp³-hybridized carbons (Fsp3) is 0.0500. The smallest absolute Gasteiger partial charge is 0.118 e. The molecule has 3 aromatic rings. The fourth-order valence-electron chi connectivity index (χ4n) is 2.28. The topological polar surface area (TPSA) is 21.6 Å². The zero-order chi connectivity index (χ0) is 15.2. The van der Waals surface area contributed by atoms with Crippen molar-refractivity contribution in [1.82, 2.24) is 0 Å². The van der Waals surface area contributed by atoms with Gasteiger partial charge >= 0.3 is 0 Å². The number of ether oxygens (including phenoxy) is 1. The molecule has 0 aliphatic carbocycles. The van der Waals surface area contributed by atoms with Crippen molar-refractivity contribution in [2.75, 3.05) is 7.11 Å². The largest absolute Gasteiger partial charge is 0.497 e. The average molecular weight is 287 g/mol. The minimum Gasteiger partial charge on any atom is -0.497 e. The van der Waals surface area contributed by atoms with Crippen LogP contribution in [0.4, 0.5) is 5.69 Å². The summed E-state index contributed by atoms with van der Waals surface area (Å²) >= 11 is 0. The highest BCUT2D eigenvalue weighted by atomic mass is 16.5. The van der Waals surface area contributed by atoms with Crippen LogP contribution in [0.2, 0.25) is 0 Å². The monoisotopic (exact) mass is 287 g/mol. The maximum absolute atomic E-state index is 5.16. The number of rotatable bonds is 4.